The molecule has 1 atom stereocenters. The van der Waals surface area contributed by atoms with Gasteiger partial charge in [-0.2, -0.15) is 16.9 Å². The number of benzene rings is 1. The van der Waals surface area contributed by atoms with Crippen LogP contribution in [0.25, 0.3) is 22.3 Å². The van der Waals surface area contributed by atoms with Gasteiger partial charge in [-0.15, -0.1) is 0 Å². The minimum absolute atomic E-state index is 0.116. The van der Waals surface area contributed by atoms with E-state index in [1.807, 2.05) is 19.9 Å². The number of rotatable bonds is 5. The Morgan fingerprint density at radius 2 is 2.00 bits per heavy atom. The average Bonchev–Trinajstić information content (AvgIpc) is 3.44. The number of halogens is 1. The van der Waals surface area contributed by atoms with Crippen molar-refractivity contribution in [3.05, 3.63) is 30.3 Å². The molecule has 2 saturated heterocycles. The van der Waals surface area contributed by atoms with Gasteiger partial charge in [0.05, 0.1) is 17.3 Å². The van der Waals surface area contributed by atoms with E-state index < -0.39 is 5.82 Å². The Hall–Kier alpha value is -2.39. The molecule has 7 nitrogen and oxygen atoms in total. The van der Waals surface area contributed by atoms with Crippen molar-refractivity contribution in [2.75, 3.05) is 42.6 Å². The first-order valence-corrected chi connectivity index (χ1v) is 12.0. The third-order valence-electron chi connectivity index (χ3n) is 5.93. The second-order valence-corrected chi connectivity index (χ2v) is 9.52. The quantitative estimate of drug-likeness (QED) is 0.648. The molecule has 3 aromatic rings. The maximum absolute atomic E-state index is 14.3. The number of nitrogens with zero attached hydrogens (tertiary/aromatic N) is 5. The average molecular weight is 443 g/mol. The van der Waals surface area contributed by atoms with Crippen LogP contribution >= 0.6 is 11.8 Å². The molecule has 0 bridgehead atoms. The second kappa shape index (κ2) is 8.63. The molecule has 1 N–H and O–H groups in total. The predicted octanol–water partition coefficient (Wildman–Crippen LogP) is 3.57. The van der Waals surface area contributed by atoms with Crippen molar-refractivity contribution in [1.29, 1.82) is 0 Å². The molecule has 4 heterocycles. The highest BCUT2D eigenvalue weighted by molar-refractivity contribution is 7.99. The summed E-state index contributed by atoms with van der Waals surface area (Å²) in [4.78, 5) is 13.9. The van der Waals surface area contributed by atoms with Crippen molar-refractivity contribution in [3.63, 3.8) is 0 Å². The highest BCUT2D eigenvalue weighted by Gasteiger charge is 2.27. The second-order valence-electron chi connectivity index (χ2n) is 8.37. The first-order valence-electron chi connectivity index (χ1n) is 10.8. The fourth-order valence-electron chi connectivity index (χ4n) is 4.33. The van der Waals surface area contributed by atoms with Gasteiger partial charge in [0.25, 0.3) is 0 Å². The number of hydrogen-bond donors (Lipinski definition) is 1. The summed E-state index contributed by atoms with van der Waals surface area (Å²) in [7, 11) is 0. The molecule has 1 unspecified atom stereocenters. The van der Waals surface area contributed by atoms with Crippen LogP contribution < -0.4 is 9.64 Å². The Labute approximate surface area is 185 Å². The number of piperazine rings is 1. The molecule has 0 amide bonds. The highest BCUT2D eigenvalue weighted by atomic mass is 32.2. The van der Waals surface area contributed by atoms with Gasteiger partial charge in [0.2, 0.25) is 0 Å². The number of aromatic amines is 1. The van der Waals surface area contributed by atoms with Gasteiger partial charge in [-0.25, -0.2) is 14.4 Å². The maximum Gasteiger partial charge on any atom is 0.167 e. The maximum atomic E-state index is 14.3. The number of ether oxygens (including phenoxy) is 1. The Balaban J connectivity index is 1.38. The van der Waals surface area contributed by atoms with E-state index in [9.17, 15) is 4.39 Å². The Kier molecular flexibility index (Phi) is 5.71. The molecule has 0 spiro atoms. The van der Waals surface area contributed by atoms with Crippen LogP contribution in [0.15, 0.2) is 24.5 Å². The van der Waals surface area contributed by atoms with E-state index in [1.54, 1.807) is 12.4 Å². The van der Waals surface area contributed by atoms with Crippen molar-refractivity contribution < 1.29 is 9.13 Å². The van der Waals surface area contributed by atoms with Crippen LogP contribution in [0.3, 0.4) is 0 Å². The topological polar surface area (TPSA) is 70.2 Å². The summed E-state index contributed by atoms with van der Waals surface area (Å²) in [6.07, 6.45) is 2.77. The van der Waals surface area contributed by atoms with E-state index in [4.69, 9.17) is 4.74 Å². The van der Waals surface area contributed by atoms with Crippen molar-refractivity contribution >= 4 is 28.5 Å². The molecule has 2 aliphatic heterocycles. The standard InChI is InChI=1S/C22H27FN6OS/c1-14(2)30-20-9-16-18(10-17(20)23)26-27-22(16)19-11-21(25-13-24-19)29-6-4-28(5-7-29)15-3-8-31-12-15/h9-11,13-15H,3-8,12H2,1-2H3,(H,26,27). The van der Waals surface area contributed by atoms with Gasteiger partial charge in [0, 0.05) is 55.5 Å². The third-order valence-corrected chi connectivity index (χ3v) is 7.08. The largest absolute Gasteiger partial charge is 0.488 e. The van der Waals surface area contributed by atoms with Crippen LogP contribution in [0.1, 0.15) is 20.3 Å². The molecule has 2 aliphatic rings. The van der Waals surface area contributed by atoms with Gasteiger partial charge in [-0.1, -0.05) is 0 Å². The number of nitrogens with one attached hydrogen (secondary N) is 1. The fraction of sp³-hybridized carbons (Fsp3) is 0.500. The highest BCUT2D eigenvalue weighted by Crippen LogP contribution is 2.32. The monoisotopic (exact) mass is 442 g/mol. The number of hydrogen-bond acceptors (Lipinski definition) is 7. The lowest BCUT2D eigenvalue weighted by Gasteiger charge is -2.38. The van der Waals surface area contributed by atoms with Crippen LogP contribution in [0.5, 0.6) is 5.75 Å². The van der Waals surface area contributed by atoms with E-state index in [0.717, 1.165) is 43.4 Å². The Bertz CT molecular complexity index is 1060. The van der Waals surface area contributed by atoms with E-state index in [-0.39, 0.29) is 11.9 Å². The zero-order chi connectivity index (χ0) is 21.4. The summed E-state index contributed by atoms with van der Waals surface area (Å²) >= 11 is 2.06. The summed E-state index contributed by atoms with van der Waals surface area (Å²) in [6.45, 7) is 7.78. The lowest BCUT2D eigenvalue weighted by atomic mass is 10.1. The van der Waals surface area contributed by atoms with E-state index in [2.05, 4.69) is 41.7 Å². The number of aromatic nitrogens is 4. The molecule has 31 heavy (non-hydrogen) atoms. The minimum Gasteiger partial charge on any atom is -0.488 e. The summed E-state index contributed by atoms with van der Waals surface area (Å²) < 4.78 is 20.0. The molecule has 0 aliphatic carbocycles. The molecule has 0 radical (unpaired) electrons. The molecular weight excluding hydrogens is 415 g/mol. The van der Waals surface area contributed by atoms with E-state index in [0.29, 0.717) is 16.9 Å². The van der Waals surface area contributed by atoms with Crippen LogP contribution in [0, 0.1) is 5.82 Å². The molecule has 9 heteroatoms. The summed E-state index contributed by atoms with van der Waals surface area (Å²) in [5.74, 6) is 3.26. The minimum atomic E-state index is -0.404. The zero-order valence-corrected chi connectivity index (χ0v) is 18.7. The molecule has 1 aromatic carbocycles. The molecule has 0 saturated carbocycles. The SMILES string of the molecule is CC(C)Oc1cc2c(-c3cc(N4CCN(C5CCSC5)CC4)ncn3)n[nH]c2cc1F. The normalized spacial score (nSPS) is 20.1. The van der Waals surface area contributed by atoms with Crippen molar-refractivity contribution in [2.24, 2.45) is 0 Å². The van der Waals surface area contributed by atoms with E-state index >= 15 is 0 Å². The molecule has 2 fully saturated rings. The van der Waals surface area contributed by atoms with Crippen LogP contribution in [-0.2, 0) is 0 Å². The van der Waals surface area contributed by atoms with Gasteiger partial charge in [-0.3, -0.25) is 10.00 Å². The first-order chi connectivity index (χ1) is 15.1. The number of fused-ring (bicyclic) bond motifs is 1. The number of thioether (sulfide) groups is 1. The van der Waals surface area contributed by atoms with E-state index in [1.165, 1.54) is 24.0 Å². The fourth-order valence-corrected chi connectivity index (χ4v) is 5.59. The van der Waals surface area contributed by atoms with Gasteiger partial charge in [0.15, 0.2) is 11.6 Å². The Morgan fingerprint density at radius 1 is 1.16 bits per heavy atom. The predicted molar refractivity (Wildman–Crippen MR) is 122 cm³/mol. The number of H-pyrrole nitrogens is 1. The van der Waals surface area contributed by atoms with Gasteiger partial charge >= 0.3 is 0 Å². The lowest BCUT2D eigenvalue weighted by Crippen LogP contribution is -2.50. The first kappa shape index (κ1) is 20.5. The van der Waals surface area contributed by atoms with Gasteiger partial charge < -0.3 is 9.64 Å². The molecular formula is C22H27FN6OS. The molecule has 5 rings (SSSR count). The van der Waals surface area contributed by atoms with Crippen molar-refractivity contribution in [3.8, 4) is 17.1 Å². The van der Waals surface area contributed by atoms with Crippen molar-refractivity contribution in [1.82, 2.24) is 25.1 Å². The zero-order valence-electron chi connectivity index (χ0n) is 17.8. The Morgan fingerprint density at radius 3 is 2.74 bits per heavy atom. The third kappa shape index (κ3) is 4.21. The van der Waals surface area contributed by atoms with Gasteiger partial charge in [-0.05, 0) is 32.1 Å². The smallest absolute Gasteiger partial charge is 0.167 e. The lowest BCUT2D eigenvalue weighted by molar-refractivity contribution is 0.200. The summed E-state index contributed by atoms with van der Waals surface area (Å²) in [5.41, 5.74) is 2.01. The van der Waals surface area contributed by atoms with Gasteiger partial charge in [0.1, 0.15) is 17.8 Å². The molecule has 2 aromatic heterocycles. The number of anilines is 1. The summed E-state index contributed by atoms with van der Waals surface area (Å²) in [5, 5.41) is 8.11. The van der Waals surface area contributed by atoms with Crippen LogP contribution in [0.2, 0.25) is 0 Å². The van der Waals surface area contributed by atoms with Crippen molar-refractivity contribution in [2.45, 2.75) is 32.4 Å². The van der Waals surface area contributed by atoms with Crippen LogP contribution in [0.4, 0.5) is 10.2 Å². The molecule has 164 valence electrons. The summed E-state index contributed by atoms with van der Waals surface area (Å²) in [6, 6.07) is 5.82. The van der Waals surface area contributed by atoms with Crippen LogP contribution in [-0.4, -0.2) is 74.9 Å².